The smallest absolute Gasteiger partial charge is 0.258 e. The number of halogens is 1. The van der Waals surface area contributed by atoms with Gasteiger partial charge < -0.3 is 10.1 Å². The fourth-order valence-corrected chi connectivity index (χ4v) is 2.77. The van der Waals surface area contributed by atoms with Crippen LogP contribution in [-0.2, 0) is 16.8 Å². The molecule has 0 heterocycles. The number of rotatable bonds is 5. The van der Waals surface area contributed by atoms with Crippen LogP contribution in [0.1, 0.15) is 37.5 Å². The highest BCUT2D eigenvalue weighted by molar-refractivity contribution is 9.10. The van der Waals surface area contributed by atoms with Crippen molar-refractivity contribution in [1.29, 1.82) is 0 Å². The average Bonchev–Trinajstić information content (AvgIpc) is 2.52. The Kier molecular flexibility index (Phi) is 6.05. The van der Waals surface area contributed by atoms with E-state index in [4.69, 9.17) is 4.74 Å². The van der Waals surface area contributed by atoms with Gasteiger partial charge in [0.05, 0.1) is 4.47 Å². The molecular formula is C20H24BrNO2. The molecule has 0 saturated carbocycles. The molecule has 0 fully saturated rings. The Balaban J connectivity index is 1.89. The maximum Gasteiger partial charge on any atom is 0.258 e. The van der Waals surface area contributed by atoms with Gasteiger partial charge in [-0.3, -0.25) is 4.79 Å². The lowest BCUT2D eigenvalue weighted by Gasteiger charge is -2.20. The molecule has 3 nitrogen and oxygen atoms in total. The van der Waals surface area contributed by atoms with Crippen LogP contribution in [0.25, 0.3) is 0 Å². The molecule has 1 N–H and O–H groups in total. The molecule has 24 heavy (non-hydrogen) atoms. The van der Waals surface area contributed by atoms with Gasteiger partial charge in [-0.15, -0.1) is 0 Å². The van der Waals surface area contributed by atoms with Crippen LogP contribution < -0.4 is 10.1 Å². The molecule has 2 aromatic carbocycles. The van der Waals surface area contributed by atoms with E-state index in [0.717, 1.165) is 10.0 Å². The normalized spacial score (nSPS) is 11.2. The predicted octanol–water partition coefficient (Wildman–Crippen LogP) is 4.75. The maximum absolute atomic E-state index is 12.0. The SMILES string of the molecule is Cc1ccccc1CNC(=O)COc1ccc(C(C)(C)C)cc1Br. The second kappa shape index (κ2) is 7.84. The van der Waals surface area contributed by atoms with Crippen LogP contribution in [-0.4, -0.2) is 12.5 Å². The van der Waals surface area contributed by atoms with Crippen molar-refractivity contribution in [2.75, 3.05) is 6.61 Å². The number of carbonyl (C=O) groups excluding carboxylic acids is 1. The molecule has 0 spiro atoms. The minimum atomic E-state index is -0.134. The molecule has 0 bridgehead atoms. The molecule has 0 aliphatic carbocycles. The molecule has 2 rings (SSSR count). The van der Waals surface area contributed by atoms with E-state index in [9.17, 15) is 4.79 Å². The number of nitrogens with one attached hydrogen (secondary N) is 1. The highest BCUT2D eigenvalue weighted by Crippen LogP contribution is 2.31. The summed E-state index contributed by atoms with van der Waals surface area (Å²) in [5.41, 5.74) is 3.57. The summed E-state index contributed by atoms with van der Waals surface area (Å²) in [5.74, 6) is 0.541. The van der Waals surface area contributed by atoms with E-state index in [1.165, 1.54) is 11.1 Å². The summed E-state index contributed by atoms with van der Waals surface area (Å²) in [5, 5.41) is 2.89. The zero-order chi connectivity index (χ0) is 17.7. The molecule has 0 unspecified atom stereocenters. The van der Waals surface area contributed by atoms with Crippen LogP contribution in [0.3, 0.4) is 0 Å². The van der Waals surface area contributed by atoms with E-state index >= 15 is 0 Å². The molecule has 0 aromatic heterocycles. The van der Waals surface area contributed by atoms with Gasteiger partial charge in [0.15, 0.2) is 6.61 Å². The fraction of sp³-hybridized carbons (Fsp3) is 0.350. The van der Waals surface area contributed by atoms with Crippen LogP contribution in [0.2, 0.25) is 0 Å². The van der Waals surface area contributed by atoms with Crippen molar-refractivity contribution in [3.8, 4) is 5.75 Å². The van der Waals surface area contributed by atoms with E-state index in [2.05, 4.69) is 42.0 Å². The van der Waals surface area contributed by atoms with Crippen molar-refractivity contribution >= 4 is 21.8 Å². The average molecular weight is 390 g/mol. The summed E-state index contributed by atoms with van der Waals surface area (Å²) in [6.07, 6.45) is 0. The summed E-state index contributed by atoms with van der Waals surface area (Å²) in [6.45, 7) is 9.03. The van der Waals surface area contributed by atoms with Crippen molar-refractivity contribution in [3.05, 3.63) is 63.6 Å². The highest BCUT2D eigenvalue weighted by atomic mass is 79.9. The summed E-state index contributed by atoms with van der Waals surface area (Å²) in [6, 6.07) is 14.0. The van der Waals surface area contributed by atoms with Crippen LogP contribution in [0.4, 0.5) is 0 Å². The quantitative estimate of drug-likeness (QED) is 0.800. The van der Waals surface area contributed by atoms with Gasteiger partial charge in [-0.1, -0.05) is 51.1 Å². The first-order chi connectivity index (χ1) is 11.3. The Morgan fingerprint density at radius 1 is 1.17 bits per heavy atom. The van der Waals surface area contributed by atoms with Gasteiger partial charge >= 0.3 is 0 Å². The molecule has 0 aliphatic rings. The molecule has 0 aliphatic heterocycles. The Morgan fingerprint density at radius 2 is 1.88 bits per heavy atom. The lowest BCUT2D eigenvalue weighted by molar-refractivity contribution is -0.123. The van der Waals surface area contributed by atoms with Gasteiger partial charge in [0.25, 0.3) is 5.91 Å². The zero-order valence-electron chi connectivity index (χ0n) is 14.7. The lowest BCUT2D eigenvalue weighted by atomic mass is 9.87. The van der Waals surface area contributed by atoms with E-state index in [1.54, 1.807) is 0 Å². The molecule has 2 aromatic rings. The molecule has 4 heteroatoms. The maximum atomic E-state index is 12.0. The van der Waals surface area contributed by atoms with Crippen molar-refractivity contribution in [3.63, 3.8) is 0 Å². The van der Waals surface area contributed by atoms with Gasteiger partial charge in [0, 0.05) is 6.54 Å². The van der Waals surface area contributed by atoms with Crippen molar-refractivity contribution < 1.29 is 9.53 Å². The summed E-state index contributed by atoms with van der Waals surface area (Å²) in [7, 11) is 0. The molecule has 0 saturated heterocycles. The lowest BCUT2D eigenvalue weighted by Crippen LogP contribution is -2.28. The number of amides is 1. The highest BCUT2D eigenvalue weighted by Gasteiger charge is 2.15. The van der Waals surface area contributed by atoms with Crippen LogP contribution in [0.5, 0.6) is 5.75 Å². The topological polar surface area (TPSA) is 38.3 Å². The third kappa shape index (κ3) is 5.10. The van der Waals surface area contributed by atoms with Gasteiger partial charge in [-0.25, -0.2) is 0 Å². The van der Waals surface area contributed by atoms with Gasteiger partial charge in [0.2, 0.25) is 0 Å². The largest absolute Gasteiger partial charge is 0.483 e. The first-order valence-corrected chi connectivity index (χ1v) is 8.80. The first kappa shape index (κ1) is 18.5. The van der Waals surface area contributed by atoms with Crippen LogP contribution in [0.15, 0.2) is 46.9 Å². The number of aryl methyl sites for hydroxylation is 1. The van der Waals surface area contributed by atoms with Gasteiger partial charge in [0.1, 0.15) is 5.75 Å². The Morgan fingerprint density at radius 3 is 2.50 bits per heavy atom. The Labute approximate surface area is 152 Å². The zero-order valence-corrected chi connectivity index (χ0v) is 16.2. The third-order valence-electron chi connectivity index (χ3n) is 3.89. The number of benzene rings is 2. The number of hydrogen-bond donors (Lipinski definition) is 1. The summed E-state index contributed by atoms with van der Waals surface area (Å²) < 4.78 is 6.49. The van der Waals surface area contributed by atoms with E-state index < -0.39 is 0 Å². The number of ether oxygens (including phenoxy) is 1. The monoisotopic (exact) mass is 389 g/mol. The Hall–Kier alpha value is -1.81. The van der Waals surface area contributed by atoms with E-state index in [1.807, 2.05) is 49.4 Å². The van der Waals surface area contributed by atoms with Crippen molar-refractivity contribution in [1.82, 2.24) is 5.32 Å². The Bertz CT molecular complexity index is 720. The predicted molar refractivity (Wildman–Crippen MR) is 101 cm³/mol. The molecule has 0 radical (unpaired) electrons. The van der Waals surface area contributed by atoms with Gasteiger partial charge in [-0.2, -0.15) is 0 Å². The second-order valence-corrected chi connectivity index (χ2v) is 7.74. The number of hydrogen-bond acceptors (Lipinski definition) is 2. The minimum absolute atomic E-state index is 0.000649. The molecule has 1 amide bonds. The van der Waals surface area contributed by atoms with Gasteiger partial charge in [-0.05, 0) is 57.1 Å². The number of carbonyl (C=O) groups is 1. The minimum Gasteiger partial charge on any atom is -0.483 e. The van der Waals surface area contributed by atoms with Crippen LogP contribution in [0, 0.1) is 6.92 Å². The molecular weight excluding hydrogens is 366 g/mol. The van der Waals surface area contributed by atoms with E-state index in [0.29, 0.717) is 12.3 Å². The van der Waals surface area contributed by atoms with Crippen LogP contribution >= 0.6 is 15.9 Å². The third-order valence-corrected chi connectivity index (χ3v) is 4.51. The second-order valence-electron chi connectivity index (χ2n) is 6.89. The fourth-order valence-electron chi connectivity index (χ4n) is 2.28. The summed E-state index contributed by atoms with van der Waals surface area (Å²) >= 11 is 3.52. The summed E-state index contributed by atoms with van der Waals surface area (Å²) in [4.78, 5) is 12.0. The van der Waals surface area contributed by atoms with Crippen molar-refractivity contribution in [2.45, 2.75) is 39.7 Å². The van der Waals surface area contributed by atoms with E-state index in [-0.39, 0.29) is 17.9 Å². The standard InChI is InChI=1S/C20H24BrNO2/c1-14-7-5-6-8-15(14)12-22-19(23)13-24-18-10-9-16(11-17(18)21)20(2,3)4/h5-11H,12-13H2,1-4H3,(H,22,23). The molecule has 128 valence electrons. The first-order valence-electron chi connectivity index (χ1n) is 8.01. The van der Waals surface area contributed by atoms with Crippen molar-refractivity contribution in [2.24, 2.45) is 0 Å². The molecule has 0 atom stereocenters.